The SMILES string of the molecule is Br.CCCCCCCCCCOc1ccc(NC(=O)c2cccc(CN3CSC=C3C)c2)cc1C(C)(C)C. The molecule has 0 aliphatic carbocycles. The van der Waals surface area contributed by atoms with E-state index in [0.29, 0.717) is 5.56 Å². The molecule has 2 aromatic carbocycles. The fraction of sp³-hybridized carbons (Fsp3) is 0.531. The van der Waals surface area contributed by atoms with Gasteiger partial charge in [-0.25, -0.2) is 0 Å². The van der Waals surface area contributed by atoms with E-state index in [0.717, 1.165) is 48.0 Å². The summed E-state index contributed by atoms with van der Waals surface area (Å²) in [5, 5.41) is 5.30. The third-order valence-corrected chi connectivity index (χ3v) is 7.82. The smallest absolute Gasteiger partial charge is 0.255 e. The van der Waals surface area contributed by atoms with E-state index in [4.69, 9.17) is 4.74 Å². The van der Waals surface area contributed by atoms with Gasteiger partial charge in [0.15, 0.2) is 0 Å². The van der Waals surface area contributed by atoms with Crippen molar-refractivity contribution in [2.24, 2.45) is 0 Å². The Labute approximate surface area is 245 Å². The first kappa shape index (κ1) is 32.3. The molecule has 0 unspecified atom stereocenters. The van der Waals surface area contributed by atoms with Crippen LogP contribution in [0.2, 0.25) is 0 Å². The van der Waals surface area contributed by atoms with Crippen LogP contribution in [-0.4, -0.2) is 23.3 Å². The molecule has 1 N–H and O–H groups in total. The third-order valence-electron chi connectivity index (χ3n) is 6.85. The maximum atomic E-state index is 13.1. The second-order valence-corrected chi connectivity index (χ2v) is 12.0. The Morgan fingerprint density at radius 2 is 1.71 bits per heavy atom. The van der Waals surface area contributed by atoms with Crippen molar-refractivity contribution < 1.29 is 9.53 Å². The standard InChI is InChI=1S/C32H46N2O2S.BrH/c1-6-7-8-9-10-11-12-13-19-36-30-18-17-28(21-29(30)32(3,4)5)33-31(35)27-16-14-15-26(20-27)22-34-24-37-23-25(34)2;/h14-18,20-21,23H,6-13,19,22,24H2,1-5H3,(H,33,35);1H. The largest absolute Gasteiger partial charge is 0.493 e. The van der Waals surface area contributed by atoms with Crippen LogP contribution in [0.3, 0.4) is 0 Å². The van der Waals surface area contributed by atoms with Crippen molar-refractivity contribution in [3.8, 4) is 5.75 Å². The summed E-state index contributed by atoms with van der Waals surface area (Å²) in [7, 11) is 0. The highest BCUT2D eigenvalue weighted by Crippen LogP contribution is 2.34. The highest BCUT2D eigenvalue weighted by atomic mass is 79.9. The van der Waals surface area contributed by atoms with E-state index in [1.165, 1.54) is 50.6 Å². The number of anilines is 1. The van der Waals surface area contributed by atoms with Crippen LogP contribution in [-0.2, 0) is 12.0 Å². The van der Waals surface area contributed by atoms with E-state index in [9.17, 15) is 4.79 Å². The number of hydrogen-bond acceptors (Lipinski definition) is 4. The second kappa shape index (κ2) is 16.2. The lowest BCUT2D eigenvalue weighted by atomic mass is 9.86. The number of nitrogens with zero attached hydrogens (tertiary/aromatic N) is 1. The molecule has 0 radical (unpaired) electrons. The number of benzene rings is 2. The summed E-state index contributed by atoms with van der Waals surface area (Å²) < 4.78 is 6.22. The van der Waals surface area contributed by atoms with Crippen molar-refractivity contribution in [1.82, 2.24) is 4.90 Å². The normalized spacial score (nSPS) is 13.2. The molecule has 1 aliphatic rings. The third kappa shape index (κ3) is 10.3. The van der Waals surface area contributed by atoms with Gasteiger partial charge >= 0.3 is 0 Å². The van der Waals surface area contributed by atoms with Crippen molar-refractivity contribution >= 4 is 40.3 Å². The number of carbonyl (C=O) groups is 1. The summed E-state index contributed by atoms with van der Waals surface area (Å²) in [4.78, 5) is 15.4. The average Bonchev–Trinajstić information content (AvgIpc) is 3.27. The number of rotatable bonds is 14. The molecular formula is C32H47BrN2O2S. The van der Waals surface area contributed by atoms with E-state index < -0.39 is 0 Å². The molecule has 3 rings (SSSR count). The molecule has 0 aromatic heterocycles. The van der Waals surface area contributed by atoms with E-state index in [-0.39, 0.29) is 28.3 Å². The number of amides is 1. The highest BCUT2D eigenvalue weighted by molar-refractivity contribution is 8.93. The molecule has 0 saturated heterocycles. The van der Waals surface area contributed by atoms with Gasteiger partial charge in [-0.1, -0.05) is 84.8 Å². The van der Waals surface area contributed by atoms with E-state index in [2.05, 4.69) is 62.4 Å². The Morgan fingerprint density at radius 3 is 2.37 bits per heavy atom. The van der Waals surface area contributed by atoms with Gasteiger partial charge in [0.25, 0.3) is 5.91 Å². The van der Waals surface area contributed by atoms with Crippen molar-refractivity contribution in [3.05, 3.63) is 70.3 Å². The molecule has 38 heavy (non-hydrogen) atoms. The summed E-state index contributed by atoms with van der Waals surface area (Å²) in [5.74, 6) is 1.80. The average molecular weight is 604 g/mol. The number of ether oxygens (including phenoxy) is 1. The quantitative estimate of drug-likeness (QED) is 0.218. The monoisotopic (exact) mass is 602 g/mol. The van der Waals surface area contributed by atoms with Crippen molar-refractivity contribution in [1.29, 1.82) is 0 Å². The second-order valence-electron chi connectivity index (χ2n) is 11.2. The van der Waals surface area contributed by atoms with Crippen LogP contribution in [0.5, 0.6) is 5.75 Å². The first-order valence-electron chi connectivity index (χ1n) is 14.0. The zero-order valence-corrected chi connectivity index (χ0v) is 26.5. The summed E-state index contributed by atoms with van der Waals surface area (Å²) in [6, 6.07) is 14.0. The molecule has 0 atom stereocenters. The van der Waals surface area contributed by atoms with Crippen LogP contribution < -0.4 is 10.1 Å². The number of halogens is 1. The topological polar surface area (TPSA) is 41.6 Å². The van der Waals surface area contributed by atoms with E-state index in [1.807, 2.05) is 42.1 Å². The zero-order valence-electron chi connectivity index (χ0n) is 24.0. The predicted octanol–water partition coefficient (Wildman–Crippen LogP) is 9.70. The lowest BCUT2D eigenvalue weighted by Gasteiger charge is -2.24. The minimum absolute atomic E-state index is 0. The molecule has 1 amide bonds. The molecule has 0 saturated carbocycles. The molecule has 6 heteroatoms. The number of nitrogens with one attached hydrogen (secondary N) is 1. The van der Waals surface area contributed by atoms with Crippen LogP contribution in [0.15, 0.2) is 53.6 Å². The van der Waals surface area contributed by atoms with Gasteiger partial charge in [0, 0.05) is 29.1 Å². The van der Waals surface area contributed by atoms with Crippen molar-refractivity contribution in [2.75, 3.05) is 17.8 Å². The van der Waals surface area contributed by atoms with Gasteiger partial charge in [0.2, 0.25) is 0 Å². The van der Waals surface area contributed by atoms with Crippen LogP contribution in [0.1, 0.15) is 107 Å². The van der Waals surface area contributed by atoms with Gasteiger partial charge in [0.1, 0.15) is 5.75 Å². The number of allylic oxidation sites excluding steroid dienone is 1. The number of hydrogen-bond donors (Lipinski definition) is 1. The molecular weight excluding hydrogens is 556 g/mol. The zero-order chi connectivity index (χ0) is 26.7. The van der Waals surface area contributed by atoms with Gasteiger partial charge in [-0.2, -0.15) is 0 Å². The fourth-order valence-corrected chi connectivity index (χ4v) is 5.51. The molecule has 210 valence electrons. The molecule has 4 nitrogen and oxygen atoms in total. The van der Waals surface area contributed by atoms with Crippen molar-refractivity contribution in [2.45, 2.75) is 97.9 Å². The van der Waals surface area contributed by atoms with Crippen LogP contribution in [0.4, 0.5) is 5.69 Å². The lowest BCUT2D eigenvalue weighted by Crippen LogP contribution is -2.18. The number of unbranched alkanes of at least 4 members (excludes halogenated alkanes) is 7. The lowest BCUT2D eigenvalue weighted by molar-refractivity contribution is 0.102. The molecule has 2 aromatic rings. The first-order chi connectivity index (χ1) is 17.8. The Morgan fingerprint density at radius 1 is 1.00 bits per heavy atom. The Balaban J connectivity index is 0.00000507. The van der Waals surface area contributed by atoms with Crippen LogP contribution in [0.25, 0.3) is 0 Å². The van der Waals surface area contributed by atoms with Gasteiger partial charge in [-0.3, -0.25) is 4.79 Å². The Kier molecular flexibility index (Phi) is 13.8. The Hall–Kier alpha value is -1.92. The fourth-order valence-electron chi connectivity index (χ4n) is 4.57. The van der Waals surface area contributed by atoms with E-state index >= 15 is 0 Å². The molecule has 0 spiro atoms. The minimum atomic E-state index is -0.0889. The predicted molar refractivity (Wildman–Crippen MR) is 170 cm³/mol. The summed E-state index contributed by atoms with van der Waals surface area (Å²) in [6.07, 6.45) is 10.3. The molecule has 1 heterocycles. The van der Waals surface area contributed by atoms with Gasteiger partial charge in [-0.05, 0) is 60.1 Å². The number of thioether (sulfide) groups is 1. The van der Waals surface area contributed by atoms with Gasteiger partial charge in [-0.15, -0.1) is 28.7 Å². The van der Waals surface area contributed by atoms with Crippen molar-refractivity contribution in [3.63, 3.8) is 0 Å². The van der Waals surface area contributed by atoms with Gasteiger partial charge < -0.3 is 15.0 Å². The number of carbonyl (C=O) groups excluding carboxylic acids is 1. The summed E-state index contributed by atoms with van der Waals surface area (Å²) in [5.41, 5.74) is 4.93. The maximum Gasteiger partial charge on any atom is 0.255 e. The molecule has 0 bridgehead atoms. The minimum Gasteiger partial charge on any atom is -0.493 e. The highest BCUT2D eigenvalue weighted by Gasteiger charge is 2.20. The van der Waals surface area contributed by atoms with Crippen LogP contribution in [0, 0.1) is 0 Å². The molecule has 1 aliphatic heterocycles. The summed E-state index contributed by atoms with van der Waals surface area (Å²) in [6.45, 7) is 12.5. The molecule has 0 fully saturated rings. The summed E-state index contributed by atoms with van der Waals surface area (Å²) >= 11 is 1.81. The maximum absolute atomic E-state index is 13.1. The van der Waals surface area contributed by atoms with E-state index in [1.54, 1.807) is 0 Å². The Bertz CT molecular complexity index is 1050. The first-order valence-corrected chi connectivity index (χ1v) is 15.0. The van der Waals surface area contributed by atoms with Gasteiger partial charge in [0.05, 0.1) is 12.5 Å². The van der Waals surface area contributed by atoms with Crippen LogP contribution >= 0.6 is 28.7 Å².